The SMILES string of the molecule is CCOC(=O)CC(OCCC(C)C)OCCC(C)C. The Morgan fingerprint density at radius 2 is 1.42 bits per heavy atom. The second-order valence-corrected chi connectivity index (χ2v) is 5.55. The first-order valence-corrected chi connectivity index (χ1v) is 7.34. The normalized spacial score (nSPS) is 11.6. The molecule has 0 aliphatic heterocycles. The van der Waals surface area contributed by atoms with Crippen molar-refractivity contribution in [1.82, 2.24) is 0 Å². The van der Waals surface area contributed by atoms with Crippen molar-refractivity contribution in [2.75, 3.05) is 19.8 Å². The minimum atomic E-state index is -0.475. The van der Waals surface area contributed by atoms with Gasteiger partial charge in [0.2, 0.25) is 0 Å². The summed E-state index contributed by atoms with van der Waals surface area (Å²) in [4.78, 5) is 11.5. The van der Waals surface area contributed by atoms with Gasteiger partial charge in [0, 0.05) is 13.2 Å². The monoisotopic (exact) mass is 274 g/mol. The summed E-state index contributed by atoms with van der Waals surface area (Å²) < 4.78 is 16.2. The molecule has 4 heteroatoms. The van der Waals surface area contributed by atoms with Gasteiger partial charge < -0.3 is 14.2 Å². The third kappa shape index (κ3) is 12.2. The Balaban J connectivity index is 4.02. The van der Waals surface area contributed by atoms with E-state index in [9.17, 15) is 4.79 Å². The smallest absolute Gasteiger partial charge is 0.310 e. The van der Waals surface area contributed by atoms with Crippen molar-refractivity contribution in [3.63, 3.8) is 0 Å². The molecular formula is C15H30O4. The third-order valence-corrected chi connectivity index (χ3v) is 2.64. The molecule has 0 saturated carbocycles. The van der Waals surface area contributed by atoms with E-state index in [1.807, 2.05) is 0 Å². The molecule has 114 valence electrons. The van der Waals surface area contributed by atoms with E-state index in [0.29, 0.717) is 31.7 Å². The van der Waals surface area contributed by atoms with Gasteiger partial charge in [0.15, 0.2) is 6.29 Å². The molecule has 0 heterocycles. The molecule has 0 atom stereocenters. The number of hydrogen-bond acceptors (Lipinski definition) is 4. The van der Waals surface area contributed by atoms with Crippen LogP contribution in [0.4, 0.5) is 0 Å². The van der Waals surface area contributed by atoms with Crippen LogP contribution in [0.1, 0.15) is 53.9 Å². The van der Waals surface area contributed by atoms with E-state index in [-0.39, 0.29) is 12.4 Å². The Morgan fingerprint density at radius 1 is 0.947 bits per heavy atom. The number of rotatable bonds is 11. The zero-order chi connectivity index (χ0) is 14.7. The summed E-state index contributed by atoms with van der Waals surface area (Å²) in [6, 6.07) is 0. The average molecular weight is 274 g/mol. The summed E-state index contributed by atoms with van der Waals surface area (Å²) in [5.41, 5.74) is 0. The van der Waals surface area contributed by atoms with Crippen LogP contribution in [-0.2, 0) is 19.0 Å². The van der Waals surface area contributed by atoms with E-state index in [0.717, 1.165) is 12.8 Å². The summed E-state index contributed by atoms with van der Waals surface area (Å²) in [5.74, 6) is 0.902. The van der Waals surface area contributed by atoms with Crippen LogP contribution in [-0.4, -0.2) is 32.1 Å². The molecule has 0 amide bonds. The summed E-state index contributed by atoms with van der Waals surface area (Å²) in [7, 11) is 0. The molecule has 0 aromatic carbocycles. The lowest BCUT2D eigenvalue weighted by Gasteiger charge is -2.19. The molecule has 0 spiro atoms. The molecule has 19 heavy (non-hydrogen) atoms. The minimum absolute atomic E-state index is 0.171. The van der Waals surface area contributed by atoms with Gasteiger partial charge in [-0.1, -0.05) is 27.7 Å². The van der Waals surface area contributed by atoms with E-state index in [4.69, 9.17) is 14.2 Å². The van der Waals surface area contributed by atoms with Crippen molar-refractivity contribution in [3.05, 3.63) is 0 Å². The van der Waals surface area contributed by atoms with Gasteiger partial charge in [0.1, 0.15) is 0 Å². The number of hydrogen-bond donors (Lipinski definition) is 0. The second kappa shape index (κ2) is 11.2. The van der Waals surface area contributed by atoms with Crippen molar-refractivity contribution in [3.8, 4) is 0 Å². The predicted octanol–water partition coefficient (Wildman–Crippen LogP) is 3.39. The standard InChI is InChI=1S/C15H30O4/c1-6-17-14(16)11-15(18-9-7-12(2)3)19-10-8-13(4)5/h12-13,15H,6-11H2,1-5H3. The summed E-state index contributed by atoms with van der Waals surface area (Å²) in [6.45, 7) is 12.0. The first-order chi connectivity index (χ1) is 8.95. The van der Waals surface area contributed by atoms with Gasteiger partial charge in [-0.3, -0.25) is 4.79 Å². The molecular weight excluding hydrogens is 244 g/mol. The highest BCUT2D eigenvalue weighted by Gasteiger charge is 2.16. The fourth-order valence-corrected chi connectivity index (χ4v) is 1.39. The van der Waals surface area contributed by atoms with Crippen LogP contribution < -0.4 is 0 Å². The third-order valence-electron chi connectivity index (χ3n) is 2.64. The van der Waals surface area contributed by atoms with Crippen LogP contribution in [0.15, 0.2) is 0 Å². The van der Waals surface area contributed by atoms with Gasteiger partial charge in [-0.05, 0) is 31.6 Å². The van der Waals surface area contributed by atoms with Crippen molar-refractivity contribution >= 4 is 5.97 Å². The molecule has 0 saturated heterocycles. The molecule has 4 nitrogen and oxygen atoms in total. The van der Waals surface area contributed by atoms with Gasteiger partial charge in [-0.15, -0.1) is 0 Å². The Bertz CT molecular complexity index is 212. The fourth-order valence-electron chi connectivity index (χ4n) is 1.39. The Morgan fingerprint density at radius 3 is 1.79 bits per heavy atom. The molecule has 0 aromatic rings. The lowest BCUT2D eigenvalue weighted by molar-refractivity contribution is -0.172. The van der Waals surface area contributed by atoms with Crippen LogP contribution in [0, 0.1) is 11.8 Å². The number of esters is 1. The molecule has 0 unspecified atom stereocenters. The lowest BCUT2D eigenvalue weighted by atomic mass is 10.1. The van der Waals surface area contributed by atoms with E-state index in [2.05, 4.69) is 27.7 Å². The van der Waals surface area contributed by atoms with E-state index in [1.165, 1.54) is 0 Å². The maximum Gasteiger partial charge on any atom is 0.310 e. The van der Waals surface area contributed by atoms with Crippen LogP contribution in [0.2, 0.25) is 0 Å². The van der Waals surface area contributed by atoms with Crippen LogP contribution in [0.3, 0.4) is 0 Å². The van der Waals surface area contributed by atoms with Gasteiger partial charge >= 0.3 is 5.97 Å². The molecule has 0 aliphatic rings. The van der Waals surface area contributed by atoms with E-state index >= 15 is 0 Å². The first kappa shape index (κ1) is 18.4. The maximum atomic E-state index is 11.5. The van der Waals surface area contributed by atoms with Crippen molar-refractivity contribution in [2.45, 2.75) is 60.2 Å². The summed E-state index contributed by atoms with van der Waals surface area (Å²) in [5, 5.41) is 0. The van der Waals surface area contributed by atoms with Gasteiger partial charge in [0.25, 0.3) is 0 Å². The highest BCUT2D eigenvalue weighted by Crippen LogP contribution is 2.09. The number of carbonyl (C=O) groups is 1. The topological polar surface area (TPSA) is 44.8 Å². The predicted molar refractivity (Wildman–Crippen MR) is 75.9 cm³/mol. The Kier molecular flexibility index (Phi) is 10.9. The van der Waals surface area contributed by atoms with Crippen molar-refractivity contribution in [1.29, 1.82) is 0 Å². The Labute approximate surface area is 117 Å². The number of ether oxygens (including phenoxy) is 3. The largest absolute Gasteiger partial charge is 0.466 e. The molecule has 0 radical (unpaired) electrons. The maximum absolute atomic E-state index is 11.5. The molecule has 0 fully saturated rings. The van der Waals surface area contributed by atoms with Gasteiger partial charge in [0.05, 0.1) is 13.0 Å². The van der Waals surface area contributed by atoms with Gasteiger partial charge in [-0.25, -0.2) is 0 Å². The second-order valence-electron chi connectivity index (χ2n) is 5.55. The zero-order valence-electron chi connectivity index (χ0n) is 13.1. The molecule has 0 N–H and O–H groups in total. The van der Waals surface area contributed by atoms with Crippen LogP contribution in [0.5, 0.6) is 0 Å². The average Bonchev–Trinajstić information content (AvgIpc) is 2.27. The van der Waals surface area contributed by atoms with E-state index in [1.54, 1.807) is 6.92 Å². The van der Waals surface area contributed by atoms with Gasteiger partial charge in [-0.2, -0.15) is 0 Å². The zero-order valence-corrected chi connectivity index (χ0v) is 13.1. The minimum Gasteiger partial charge on any atom is -0.466 e. The number of carbonyl (C=O) groups excluding carboxylic acids is 1. The van der Waals surface area contributed by atoms with Crippen LogP contribution >= 0.6 is 0 Å². The molecule has 0 bridgehead atoms. The summed E-state index contributed by atoms with van der Waals surface area (Å²) in [6.07, 6.45) is 1.63. The lowest BCUT2D eigenvalue weighted by Crippen LogP contribution is -2.24. The quantitative estimate of drug-likeness (QED) is 0.428. The van der Waals surface area contributed by atoms with E-state index < -0.39 is 6.29 Å². The molecule has 0 aliphatic carbocycles. The highest BCUT2D eigenvalue weighted by molar-refractivity contribution is 5.69. The summed E-state index contributed by atoms with van der Waals surface area (Å²) >= 11 is 0. The molecule has 0 rings (SSSR count). The fraction of sp³-hybridized carbons (Fsp3) is 0.933. The van der Waals surface area contributed by atoms with Crippen LogP contribution in [0.25, 0.3) is 0 Å². The first-order valence-electron chi connectivity index (χ1n) is 7.34. The van der Waals surface area contributed by atoms with Crippen molar-refractivity contribution in [2.24, 2.45) is 11.8 Å². The molecule has 0 aromatic heterocycles. The van der Waals surface area contributed by atoms with Crippen molar-refractivity contribution < 1.29 is 19.0 Å². The Hall–Kier alpha value is -0.610. The highest BCUT2D eigenvalue weighted by atomic mass is 16.7.